The van der Waals surface area contributed by atoms with Gasteiger partial charge in [0.05, 0.1) is 4.90 Å². The van der Waals surface area contributed by atoms with Gasteiger partial charge in [-0.3, -0.25) is 4.72 Å². The van der Waals surface area contributed by atoms with E-state index in [-0.39, 0.29) is 4.90 Å². The molecule has 0 radical (unpaired) electrons. The predicted octanol–water partition coefficient (Wildman–Crippen LogP) is 3.27. The number of nitrogens with two attached hydrogens (primary N) is 1. The van der Waals surface area contributed by atoms with E-state index in [4.69, 9.17) is 5.73 Å². The van der Waals surface area contributed by atoms with Gasteiger partial charge in [-0.05, 0) is 54.3 Å². The van der Waals surface area contributed by atoms with Crippen molar-refractivity contribution in [2.75, 3.05) is 10.5 Å². The third-order valence-corrected chi connectivity index (χ3v) is 4.44. The Morgan fingerprint density at radius 1 is 1.00 bits per heavy atom. The summed E-state index contributed by atoms with van der Waals surface area (Å²) in [6, 6.07) is 13.6. The Balaban J connectivity index is 2.17. The molecule has 0 unspecified atom stereocenters. The molecule has 0 heterocycles. The van der Waals surface area contributed by atoms with Crippen LogP contribution < -0.4 is 10.5 Å². The number of nitrogen functional groups attached to an aromatic ring is 1. The Labute approximate surface area is 126 Å². The first kappa shape index (κ1) is 15.4. The molecule has 0 aliphatic rings. The lowest BCUT2D eigenvalue weighted by Gasteiger charge is -2.10. The number of benzene rings is 2. The van der Waals surface area contributed by atoms with Crippen LogP contribution in [0.5, 0.6) is 0 Å². The SMILES string of the molecule is CC(C)Cc1ccc(S(=O)(=O)Nc2ccc(N)cc2)cc1. The summed E-state index contributed by atoms with van der Waals surface area (Å²) in [4.78, 5) is 0.256. The van der Waals surface area contributed by atoms with Crippen LogP contribution >= 0.6 is 0 Å². The topological polar surface area (TPSA) is 72.2 Å². The normalized spacial score (nSPS) is 11.6. The molecule has 0 saturated heterocycles. The van der Waals surface area contributed by atoms with Crippen LogP contribution in [-0.4, -0.2) is 8.42 Å². The van der Waals surface area contributed by atoms with Crippen LogP contribution in [0, 0.1) is 5.92 Å². The van der Waals surface area contributed by atoms with Gasteiger partial charge in [0.15, 0.2) is 0 Å². The minimum Gasteiger partial charge on any atom is -0.399 e. The minimum atomic E-state index is -3.56. The second-order valence-corrected chi connectivity index (χ2v) is 7.15. The summed E-state index contributed by atoms with van der Waals surface area (Å²) in [6.45, 7) is 4.26. The molecule has 4 nitrogen and oxygen atoms in total. The quantitative estimate of drug-likeness (QED) is 0.833. The highest BCUT2D eigenvalue weighted by molar-refractivity contribution is 7.92. The molecule has 3 N–H and O–H groups in total. The molecule has 0 fully saturated rings. The third kappa shape index (κ3) is 4.23. The molecule has 0 bridgehead atoms. The molecule has 5 heteroatoms. The minimum absolute atomic E-state index is 0.256. The van der Waals surface area contributed by atoms with Crippen LogP contribution in [0.2, 0.25) is 0 Å². The van der Waals surface area contributed by atoms with Crippen LogP contribution in [-0.2, 0) is 16.4 Å². The van der Waals surface area contributed by atoms with Crippen molar-refractivity contribution in [3.63, 3.8) is 0 Å². The Morgan fingerprint density at radius 3 is 2.10 bits per heavy atom. The third-order valence-electron chi connectivity index (χ3n) is 3.04. The van der Waals surface area contributed by atoms with Crippen LogP contribution in [0.15, 0.2) is 53.4 Å². The van der Waals surface area contributed by atoms with E-state index >= 15 is 0 Å². The molecule has 21 heavy (non-hydrogen) atoms. The molecule has 0 aliphatic heterocycles. The zero-order chi connectivity index (χ0) is 15.5. The van der Waals surface area contributed by atoms with Gasteiger partial charge in [0, 0.05) is 11.4 Å². The van der Waals surface area contributed by atoms with Crippen molar-refractivity contribution in [3.05, 3.63) is 54.1 Å². The Morgan fingerprint density at radius 2 is 1.57 bits per heavy atom. The Hall–Kier alpha value is -2.01. The average Bonchev–Trinajstić information content (AvgIpc) is 2.41. The highest BCUT2D eigenvalue weighted by atomic mass is 32.2. The number of nitrogens with one attached hydrogen (secondary N) is 1. The van der Waals surface area contributed by atoms with Crippen molar-refractivity contribution >= 4 is 21.4 Å². The summed E-state index contributed by atoms with van der Waals surface area (Å²) in [5.41, 5.74) is 7.81. The smallest absolute Gasteiger partial charge is 0.261 e. The second-order valence-electron chi connectivity index (χ2n) is 5.47. The van der Waals surface area contributed by atoms with Gasteiger partial charge in [-0.1, -0.05) is 26.0 Å². The van der Waals surface area contributed by atoms with E-state index in [1.807, 2.05) is 12.1 Å². The Kier molecular flexibility index (Phi) is 4.53. The van der Waals surface area contributed by atoms with Crippen molar-refractivity contribution in [1.82, 2.24) is 0 Å². The summed E-state index contributed by atoms with van der Waals surface area (Å²) in [7, 11) is -3.56. The number of hydrogen-bond acceptors (Lipinski definition) is 3. The maximum Gasteiger partial charge on any atom is 0.261 e. The first-order chi connectivity index (χ1) is 9.87. The first-order valence-corrected chi connectivity index (χ1v) is 8.32. The van der Waals surface area contributed by atoms with E-state index in [1.165, 1.54) is 0 Å². The fourth-order valence-corrected chi connectivity index (χ4v) is 3.10. The van der Waals surface area contributed by atoms with Gasteiger partial charge in [-0.2, -0.15) is 0 Å². The van der Waals surface area contributed by atoms with Crippen LogP contribution in [0.25, 0.3) is 0 Å². The monoisotopic (exact) mass is 304 g/mol. The van der Waals surface area contributed by atoms with E-state index in [0.717, 1.165) is 12.0 Å². The van der Waals surface area contributed by atoms with Crippen molar-refractivity contribution in [2.24, 2.45) is 5.92 Å². The zero-order valence-electron chi connectivity index (χ0n) is 12.2. The zero-order valence-corrected chi connectivity index (χ0v) is 13.0. The Bertz CT molecular complexity index is 690. The van der Waals surface area contributed by atoms with Gasteiger partial charge in [0.1, 0.15) is 0 Å². The van der Waals surface area contributed by atoms with E-state index in [1.54, 1.807) is 36.4 Å². The molecule has 2 rings (SSSR count). The van der Waals surface area contributed by atoms with Gasteiger partial charge in [-0.15, -0.1) is 0 Å². The standard InChI is InChI=1S/C16H20N2O2S/c1-12(2)11-13-3-9-16(10-4-13)21(19,20)18-15-7-5-14(17)6-8-15/h3-10,12,18H,11,17H2,1-2H3. The molecule has 0 atom stereocenters. The van der Waals surface area contributed by atoms with Gasteiger partial charge < -0.3 is 5.73 Å². The largest absolute Gasteiger partial charge is 0.399 e. The van der Waals surface area contributed by atoms with E-state index in [9.17, 15) is 8.42 Å². The molecule has 0 saturated carbocycles. The maximum absolute atomic E-state index is 12.3. The van der Waals surface area contributed by atoms with E-state index in [2.05, 4.69) is 18.6 Å². The molecular formula is C16H20N2O2S. The molecule has 2 aromatic carbocycles. The maximum atomic E-state index is 12.3. The van der Waals surface area contributed by atoms with Crippen molar-refractivity contribution < 1.29 is 8.42 Å². The molecule has 0 spiro atoms. The van der Waals surface area contributed by atoms with Crippen molar-refractivity contribution in [1.29, 1.82) is 0 Å². The fraction of sp³-hybridized carbons (Fsp3) is 0.250. The average molecular weight is 304 g/mol. The number of anilines is 2. The molecule has 2 aromatic rings. The lowest BCUT2D eigenvalue weighted by molar-refractivity contribution is 0.601. The second kappa shape index (κ2) is 6.18. The van der Waals surface area contributed by atoms with Gasteiger partial charge in [-0.25, -0.2) is 8.42 Å². The van der Waals surface area contributed by atoms with Crippen molar-refractivity contribution in [2.45, 2.75) is 25.2 Å². The van der Waals surface area contributed by atoms with Gasteiger partial charge in [0.2, 0.25) is 0 Å². The fourth-order valence-electron chi connectivity index (χ4n) is 2.04. The number of rotatable bonds is 5. The van der Waals surface area contributed by atoms with E-state index < -0.39 is 10.0 Å². The van der Waals surface area contributed by atoms with Gasteiger partial charge >= 0.3 is 0 Å². The summed E-state index contributed by atoms with van der Waals surface area (Å²) in [6.07, 6.45) is 0.936. The summed E-state index contributed by atoms with van der Waals surface area (Å²) in [5, 5.41) is 0. The predicted molar refractivity (Wildman–Crippen MR) is 86.6 cm³/mol. The van der Waals surface area contributed by atoms with Crippen LogP contribution in [0.1, 0.15) is 19.4 Å². The molecule has 112 valence electrons. The molecular weight excluding hydrogens is 284 g/mol. The molecule has 0 aliphatic carbocycles. The number of hydrogen-bond donors (Lipinski definition) is 2. The van der Waals surface area contributed by atoms with Crippen LogP contribution in [0.4, 0.5) is 11.4 Å². The summed E-state index contributed by atoms with van der Waals surface area (Å²) < 4.78 is 27.1. The summed E-state index contributed by atoms with van der Waals surface area (Å²) >= 11 is 0. The highest BCUT2D eigenvalue weighted by Gasteiger charge is 2.14. The van der Waals surface area contributed by atoms with E-state index in [0.29, 0.717) is 17.3 Å². The van der Waals surface area contributed by atoms with Crippen LogP contribution in [0.3, 0.4) is 0 Å². The summed E-state index contributed by atoms with van der Waals surface area (Å²) in [5.74, 6) is 0.542. The van der Waals surface area contributed by atoms with Gasteiger partial charge in [0.25, 0.3) is 10.0 Å². The van der Waals surface area contributed by atoms with Crippen molar-refractivity contribution in [3.8, 4) is 0 Å². The lowest BCUT2D eigenvalue weighted by Crippen LogP contribution is -2.13. The number of sulfonamides is 1. The molecule has 0 amide bonds. The lowest BCUT2D eigenvalue weighted by atomic mass is 10.0. The molecule has 0 aromatic heterocycles. The first-order valence-electron chi connectivity index (χ1n) is 6.84. The highest BCUT2D eigenvalue weighted by Crippen LogP contribution is 2.18.